The molecule has 0 bridgehead atoms. The zero-order valence-corrected chi connectivity index (χ0v) is 11.2. The fraction of sp³-hybridized carbons (Fsp3) is 1.00. The molecule has 0 fully saturated rings. The van der Waals surface area contributed by atoms with Gasteiger partial charge in [-0.05, 0) is 32.2 Å². The number of rotatable bonds is 9. The Hall–Kier alpha value is -0.0800. The summed E-state index contributed by atoms with van der Waals surface area (Å²) >= 11 is 0. The molecule has 0 aromatic carbocycles. The Morgan fingerprint density at radius 3 is 2.20 bits per heavy atom. The molecule has 2 nitrogen and oxygen atoms in total. The van der Waals surface area contributed by atoms with E-state index in [1.54, 1.807) is 0 Å². The summed E-state index contributed by atoms with van der Waals surface area (Å²) in [6.45, 7) is 13.1. The van der Waals surface area contributed by atoms with Gasteiger partial charge in [0.15, 0.2) is 0 Å². The number of hydrogen-bond acceptors (Lipinski definition) is 2. The monoisotopic (exact) mass is 215 g/mol. The van der Waals surface area contributed by atoms with Crippen molar-refractivity contribution in [2.75, 3.05) is 13.1 Å². The van der Waals surface area contributed by atoms with Gasteiger partial charge in [0.2, 0.25) is 0 Å². The van der Waals surface area contributed by atoms with Crippen molar-refractivity contribution < 1.29 is 4.74 Å². The predicted octanol–water partition coefficient (Wildman–Crippen LogP) is 3.22. The average Bonchev–Trinajstić information content (AvgIpc) is 2.16. The van der Waals surface area contributed by atoms with E-state index in [1.165, 1.54) is 12.8 Å². The average molecular weight is 215 g/mol. The molecule has 15 heavy (non-hydrogen) atoms. The minimum absolute atomic E-state index is 0.380. The minimum Gasteiger partial charge on any atom is -0.374 e. The largest absolute Gasteiger partial charge is 0.374 e. The molecule has 0 aliphatic heterocycles. The fourth-order valence-corrected chi connectivity index (χ4v) is 1.62. The van der Waals surface area contributed by atoms with Crippen LogP contribution in [0.25, 0.3) is 0 Å². The second-order valence-corrected chi connectivity index (χ2v) is 4.82. The van der Waals surface area contributed by atoms with E-state index in [-0.39, 0.29) is 0 Å². The van der Waals surface area contributed by atoms with Crippen LogP contribution < -0.4 is 5.32 Å². The van der Waals surface area contributed by atoms with Crippen LogP contribution in [0.5, 0.6) is 0 Å². The van der Waals surface area contributed by atoms with Crippen molar-refractivity contribution in [2.24, 2.45) is 5.92 Å². The van der Waals surface area contributed by atoms with Crippen LogP contribution in [0.2, 0.25) is 0 Å². The Balaban J connectivity index is 3.62. The Morgan fingerprint density at radius 1 is 1.07 bits per heavy atom. The van der Waals surface area contributed by atoms with E-state index >= 15 is 0 Å². The normalized spacial score (nSPS) is 15.6. The summed E-state index contributed by atoms with van der Waals surface area (Å²) in [5.41, 5.74) is 0. The molecule has 2 atom stereocenters. The van der Waals surface area contributed by atoms with Gasteiger partial charge in [0.05, 0.1) is 12.2 Å². The summed E-state index contributed by atoms with van der Waals surface area (Å²) < 4.78 is 5.96. The van der Waals surface area contributed by atoms with Gasteiger partial charge in [-0.3, -0.25) is 0 Å². The van der Waals surface area contributed by atoms with E-state index < -0.39 is 0 Å². The molecule has 0 aromatic rings. The second kappa shape index (κ2) is 9.17. The smallest absolute Gasteiger partial charge is 0.0700 e. The first-order valence-corrected chi connectivity index (χ1v) is 6.46. The highest BCUT2D eigenvalue weighted by Crippen LogP contribution is 2.07. The van der Waals surface area contributed by atoms with E-state index in [9.17, 15) is 0 Å². The predicted molar refractivity (Wildman–Crippen MR) is 67.2 cm³/mol. The molecule has 92 valence electrons. The number of nitrogens with one attached hydrogen (secondary N) is 1. The highest BCUT2D eigenvalue weighted by atomic mass is 16.5. The SMILES string of the molecule is CCCC(C)OC(CC)CNCC(C)C. The van der Waals surface area contributed by atoms with Crippen molar-refractivity contribution in [3.05, 3.63) is 0 Å². The number of hydrogen-bond donors (Lipinski definition) is 1. The van der Waals surface area contributed by atoms with E-state index in [4.69, 9.17) is 4.74 Å². The van der Waals surface area contributed by atoms with Gasteiger partial charge in [-0.1, -0.05) is 34.1 Å². The molecule has 2 unspecified atom stereocenters. The maximum atomic E-state index is 5.96. The Labute approximate surface area is 95.8 Å². The molecule has 0 spiro atoms. The molecular weight excluding hydrogens is 186 g/mol. The van der Waals surface area contributed by atoms with Crippen LogP contribution in [0.1, 0.15) is 53.9 Å². The summed E-state index contributed by atoms with van der Waals surface area (Å²) in [6.07, 6.45) is 4.25. The Bertz CT molecular complexity index is 136. The van der Waals surface area contributed by atoms with Gasteiger partial charge in [0.1, 0.15) is 0 Å². The molecule has 0 aliphatic rings. The summed E-state index contributed by atoms with van der Waals surface area (Å²) in [5.74, 6) is 0.718. The second-order valence-electron chi connectivity index (χ2n) is 4.82. The van der Waals surface area contributed by atoms with Crippen LogP contribution in [0.15, 0.2) is 0 Å². The van der Waals surface area contributed by atoms with Gasteiger partial charge in [-0.15, -0.1) is 0 Å². The van der Waals surface area contributed by atoms with Crippen molar-refractivity contribution in [3.8, 4) is 0 Å². The van der Waals surface area contributed by atoms with Gasteiger partial charge in [-0.2, -0.15) is 0 Å². The lowest BCUT2D eigenvalue weighted by molar-refractivity contribution is -0.00750. The lowest BCUT2D eigenvalue weighted by Gasteiger charge is -2.22. The molecule has 0 rings (SSSR count). The zero-order chi connectivity index (χ0) is 11.7. The summed E-state index contributed by atoms with van der Waals surface area (Å²) in [5, 5.41) is 3.46. The maximum Gasteiger partial charge on any atom is 0.0700 e. The zero-order valence-electron chi connectivity index (χ0n) is 11.2. The van der Waals surface area contributed by atoms with Crippen LogP contribution in [0, 0.1) is 5.92 Å². The lowest BCUT2D eigenvalue weighted by atomic mass is 10.2. The highest BCUT2D eigenvalue weighted by molar-refractivity contribution is 4.63. The lowest BCUT2D eigenvalue weighted by Crippen LogP contribution is -2.33. The molecule has 1 N–H and O–H groups in total. The van der Waals surface area contributed by atoms with Gasteiger partial charge in [0.25, 0.3) is 0 Å². The molecule has 0 radical (unpaired) electrons. The summed E-state index contributed by atoms with van der Waals surface area (Å²) in [6, 6.07) is 0. The van der Waals surface area contributed by atoms with Crippen LogP contribution in [0.4, 0.5) is 0 Å². The molecule has 0 saturated heterocycles. The first kappa shape index (κ1) is 14.9. The van der Waals surface area contributed by atoms with Crippen molar-refractivity contribution in [3.63, 3.8) is 0 Å². The molecular formula is C13H29NO. The standard InChI is InChI=1S/C13H29NO/c1-6-8-12(5)15-13(7-2)10-14-9-11(3)4/h11-14H,6-10H2,1-5H3. The topological polar surface area (TPSA) is 21.3 Å². The van der Waals surface area contributed by atoms with Gasteiger partial charge >= 0.3 is 0 Å². The van der Waals surface area contributed by atoms with E-state index in [0.29, 0.717) is 12.2 Å². The molecule has 2 heteroatoms. The molecule has 0 aromatic heterocycles. The number of ether oxygens (including phenoxy) is 1. The summed E-state index contributed by atoms with van der Waals surface area (Å²) in [7, 11) is 0. The third-order valence-corrected chi connectivity index (χ3v) is 2.50. The first-order chi connectivity index (χ1) is 7.10. The highest BCUT2D eigenvalue weighted by Gasteiger charge is 2.10. The van der Waals surface area contributed by atoms with E-state index in [0.717, 1.165) is 25.4 Å². The summed E-state index contributed by atoms with van der Waals surface area (Å²) in [4.78, 5) is 0. The van der Waals surface area contributed by atoms with Gasteiger partial charge in [-0.25, -0.2) is 0 Å². The van der Waals surface area contributed by atoms with Crippen LogP contribution >= 0.6 is 0 Å². The van der Waals surface area contributed by atoms with Crippen molar-refractivity contribution in [2.45, 2.75) is 66.1 Å². The molecule has 0 aliphatic carbocycles. The fourth-order valence-electron chi connectivity index (χ4n) is 1.62. The van der Waals surface area contributed by atoms with Crippen LogP contribution in [-0.2, 0) is 4.74 Å². The van der Waals surface area contributed by atoms with Crippen LogP contribution in [0.3, 0.4) is 0 Å². The van der Waals surface area contributed by atoms with Gasteiger partial charge in [0, 0.05) is 6.54 Å². The van der Waals surface area contributed by atoms with Crippen LogP contribution in [-0.4, -0.2) is 25.3 Å². The molecule has 0 heterocycles. The molecule has 0 saturated carbocycles. The minimum atomic E-state index is 0.380. The third-order valence-electron chi connectivity index (χ3n) is 2.50. The van der Waals surface area contributed by atoms with E-state index in [1.807, 2.05) is 0 Å². The van der Waals surface area contributed by atoms with Crippen molar-refractivity contribution >= 4 is 0 Å². The Morgan fingerprint density at radius 2 is 1.73 bits per heavy atom. The van der Waals surface area contributed by atoms with Crippen molar-refractivity contribution in [1.29, 1.82) is 0 Å². The Kier molecular flexibility index (Phi) is 9.12. The third kappa shape index (κ3) is 8.88. The maximum absolute atomic E-state index is 5.96. The molecule has 0 amide bonds. The van der Waals surface area contributed by atoms with E-state index in [2.05, 4.69) is 39.9 Å². The van der Waals surface area contributed by atoms with Gasteiger partial charge < -0.3 is 10.1 Å². The quantitative estimate of drug-likeness (QED) is 0.637. The first-order valence-electron chi connectivity index (χ1n) is 6.46. The van der Waals surface area contributed by atoms with Crippen molar-refractivity contribution in [1.82, 2.24) is 5.32 Å².